The third kappa shape index (κ3) is 5.56. The molecule has 0 unspecified atom stereocenters. The molecule has 0 radical (unpaired) electrons. The zero-order chi connectivity index (χ0) is 14.1. The van der Waals surface area contributed by atoms with E-state index in [-0.39, 0.29) is 0 Å². The Morgan fingerprint density at radius 3 is 1.79 bits per heavy atom. The third-order valence-electron chi connectivity index (χ3n) is 4.20. The first kappa shape index (κ1) is 17.2. The van der Waals surface area contributed by atoms with Crippen molar-refractivity contribution < 1.29 is 8.85 Å². The van der Waals surface area contributed by atoms with E-state index in [1.165, 1.54) is 51.0 Å². The van der Waals surface area contributed by atoms with Gasteiger partial charge < -0.3 is 8.85 Å². The lowest BCUT2D eigenvalue weighted by Gasteiger charge is -2.39. The van der Waals surface area contributed by atoms with Crippen LogP contribution in [0.5, 0.6) is 0 Å². The largest absolute Gasteiger partial charge is 0.394 e. The topological polar surface area (TPSA) is 18.5 Å². The normalized spacial score (nSPS) is 19.4. The fourth-order valence-corrected chi connectivity index (χ4v) is 8.04. The number of rotatable bonds is 7. The molecule has 0 bridgehead atoms. The summed E-state index contributed by atoms with van der Waals surface area (Å²) in [6.07, 6.45) is 9.64. The van der Waals surface area contributed by atoms with Gasteiger partial charge in [0.05, 0.1) is 0 Å². The van der Waals surface area contributed by atoms with Crippen LogP contribution in [0.1, 0.15) is 72.6 Å². The van der Waals surface area contributed by atoms with Gasteiger partial charge in [-0.3, -0.25) is 0 Å². The Kier molecular flexibility index (Phi) is 8.27. The van der Waals surface area contributed by atoms with Crippen LogP contribution in [0.3, 0.4) is 0 Å². The smallest absolute Gasteiger partial charge is 0.341 e. The van der Waals surface area contributed by atoms with E-state index in [1.54, 1.807) is 0 Å². The SMILES string of the molecule is CCO[Si](CC(C)C)(OCC)C1CCCCCCC1. The van der Waals surface area contributed by atoms with Crippen molar-refractivity contribution in [3.8, 4) is 0 Å². The Bertz CT molecular complexity index is 217. The van der Waals surface area contributed by atoms with Gasteiger partial charge in [-0.1, -0.05) is 46.0 Å². The zero-order valence-electron chi connectivity index (χ0n) is 13.5. The van der Waals surface area contributed by atoms with Gasteiger partial charge in [0.1, 0.15) is 0 Å². The minimum atomic E-state index is -2.01. The van der Waals surface area contributed by atoms with Crippen LogP contribution >= 0.6 is 0 Å². The third-order valence-corrected chi connectivity index (χ3v) is 8.96. The average molecular weight is 287 g/mol. The molecule has 0 spiro atoms. The molecular formula is C16H34O2Si. The fraction of sp³-hybridized carbons (Fsp3) is 1.00. The van der Waals surface area contributed by atoms with Crippen molar-refractivity contribution in [3.63, 3.8) is 0 Å². The predicted octanol–water partition coefficient (Wildman–Crippen LogP) is 5.27. The van der Waals surface area contributed by atoms with E-state index in [0.29, 0.717) is 5.92 Å². The second kappa shape index (κ2) is 9.14. The summed E-state index contributed by atoms with van der Waals surface area (Å²) in [5, 5.41) is 0. The standard InChI is InChI=1S/C16H34O2Si/c1-5-17-19(18-6-2,14-15(3)4)16-12-10-8-7-9-11-13-16/h15-16H,5-14H2,1-4H3. The van der Waals surface area contributed by atoms with E-state index < -0.39 is 8.56 Å². The van der Waals surface area contributed by atoms with Crippen LogP contribution in [0.2, 0.25) is 11.6 Å². The summed E-state index contributed by atoms with van der Waals surface area (Å²) in [4.78, 5) is 0. The quantitative estimate of drug-likeness (QED) is 0.593. The first-order valence-corrected chi connectivity index (χ1v) is 10.5. The van der Waals surface area contributed by atoms with E-state index in [0.717, 1.165) is 18.8 Å². The molecule has 0 atom stereocenters. The molecule has 19 heavy (non-hydrogen) atoms. The van der Waals surface area contributed by atoms with Crippen molar-refractivity contribution in [3.05, 3.63) is 0 Å². The van der Waals surface area contributed by atoms with Crippen LogP contribution in [-0.2, 0) is 8.85 Å². The maximum Gasteiger partial charge on any atom is 0.341 e. The average Bonchev–Trinajstić information content (AvgIpc) is 2.27. The first-order valence-electron chi connectivity index (χ1n) is 8.42. The van der Waals surface area contributed by atoms with Gasteiger partial charge in [-0.2, -0.15) is 0 Å². The second-order valence-electron chi connectivity index (χ2n) is 6.32. The monoisotopic (exact) mass is 286 g/mol. The van der Waals surface area contributed by atoms with Gasteiger partial charge in [0, 0.05) is 18.8 Å². The zero-order valence-corrected chi connectivity index (χ0v) is 14.5. The molecule has 1 saturated carbocycles. The molecule has 0 amide bonds. The fourth-order valence-electron chi connectivity index (χ4n) is 3.52. The van der Waals surface area contributed by atoms with E-state index in [4.69, 9.17) is 8.85 Å². The van der Waals surface area contributed by atoms with Gasteiger partial charge in [0.15, 0.2) is 0 Å². The highest BCUT2D eigenvalue weighted by Crippen LogP contribution is 2.40. The molecule has 2 nitrogen and oxygen atoms in total. The molecule has 1 aliphatic carbocycles. The highest BCUT2D eigenvalue weighted by Gasteiger charge is 2.45. The maximum atomic E-state index is 6.33. The summed E-state index contributed by atoms with van der Waals surface area (Å²) in [6.45, 7) is 10.5. The van der Waals surface area contributed by atoms with Crippen LogP contribution in [0.15, 0.2) is 0 Å². The lowest BCUT2D eigenvalue weighted by atomic mass is 10.0. The molecular weight excluding hydrogens is 252 g/mol. The molecule has 1 aliphatic rings. The van der Waals surface area contributed by atoms with Crippen LogP contribution in [-0.4, -0.2) is 21.8 Å². The minimum absolute atomic E-state index is 0.676. The van der Waals surface area contributed by atoms with E-state index in [1.807, 2.05) is 0 Å². The van der Waals surface area contributed by atoms with Gasteiger partial charge >= 0.3 is 8.56 Å². The van der Waals surface area contributed by atoms with E-state index >= 15 is 0 Å². The molecule has 3 heteroatoms. The van der Waals surface area contributed by atoms with Crippen molar-refractivity contribution in [2.75, 3.05) is 13.2 Å². The molecule has 0 saturated heterocycles. The molecule has 0 aliphatic heterocycles. The summed E-state index contributed by atoms with van der Waals surface area (Å²) >= 11 is 0. The lowest BCUT2D eigenvalue weighted by molar-refractivity contribution is 0.162. The Balaban J connectivity index is 2.82. The Labute approximate surface area is 121 Å². The second-order valence-corrected chi connectivity index (χ2v) is 9.74. The van der Waals surface area contributed by atoms with Crippen LogP contribution < -0.4 is 0 Å². The van der Waals surface area contributed by atoms with Gasteiger partial charge in [0.25, 0.3) is 0 Å². The summed E-state index contributed by atoms with van der Waals surface area (Å²) < 4.78 is 12.7. The van der Waals surface area contributed by atoms with Gasteiger partial charge in [0.2, 0.25) is 0 Å². The molecule has 1 rings (SSSR count). The molecule has 0 aromatic rings. The molecule has 0 N–H and O–H groups in total. The predicted molar refractivity (Wildman–Crippen MR) is 84.7 cm³/mol. The van der Waals surface area contributed by atoms with Crippen LogP contribution in [0.4, 0.5) is 0 Å². The first-order chi connectivity index (χ1) is 9.14. The molecule has 0 heterocycles. The van der Waals surface area contributed by atoms with Crippen molar-refractivity contribution in [1.82, 2.24) is 0 Å². The molecule has 0 aromatic carbocycles. The van der Waals surface area contributed by atoms with Crippen molar-refractivity contribution in [2.45, 2.75) is 84.2 Å². The Hall–Kier alpha value is 0.137. The summed E-state index contributed by atoms with van der Waals surface area (Å²) in [7, 11) is -2.01. The van der Waals surface area contributed by atoms with Crippen LogP contribution in [0.25, 0.3) is 0 Å². The highest BCUT2D eigenvalue weighted by atomic mass is 28.4. The van der Waals surface area contributed by atoms with Gasteiger partial charge in [-0.05, 0) is 38.7 Å². The Morgan fingerprint density at radius 1 is 0.895 bits per heavy atom. The maximum absolute atomic E-state index is 6.33. The number of hydrogen-bond acceptors (Lipinski definition) is 2. The summed E-state index contributed by atoms with van der Waals surface area (Å²) in [5.74, 6) is 0.676. The van der Waals surface area contributed by atoms with Crippen LogP contribution in [0, 0.1) is 5.92 Å². The molecule has 1 fully saturated rings. The minimum Gasteiger partial charge on any atom is -0.394 e. The van der Waals surface area contributed by atoms with Gasteiger partial charge in [-0.25, -0.2) is 0 Å². The van der Waals surface area contributed by atoms with E-state index in [2.05, 4.69) is 27.7 Å². The molecule has 114 valence electrons. The van der Waals surface area contributed by atoms with Crippen molar-refractivity contribution >= 4 is 8.56 Å². The van der Waals surface area contributed by atoms with Crippen molar-refractivity contribution in [1.29, 1.82) is 0 Å². The summed E-state index contributed by atoms with van der Waals surface area (Å²) in [5.41, 5.74) is 0.718. The highest BCUT2D eigenvalue weighted by molar-refractivity contribution is 6.69. The van der Waals surface area contributed by atoms with E-state index in [9.17, 15) is 0 Å². The summed E-state index contributed by atoms with van der Waals surface area (Å²) in [6, 6.07) is 1.17. The number of hydrogen-bond donors (Lipinski definition) is 0. The molecule has 0 aromatic heterocycles. The van der Waals surface area contributed by atoms with Crippen molar-refractivity contribution in [2.24, 2.45) is 5.92 Å². The Morgan fingerprint density at radius 2 is 1.37 bits per heavy atom. The lowest BCUT2D eigenvalue weighted by Crippen LogP contribution is -2.48. The van der Waals surface area contributed by atoms with Gasteiger partial charge in [-0.15, -0.1) is 0 Å².